The molecule has 2 aromatic heterocycles. The highest BCUT2D eigenvalue weighted by molar-refractivity contribution is 5.62. The highest BCUT2D eigenvalue weighted by Gasteiger charge is 2.72. The van der Waals surface area contributed by atoms with Gasteiger partial charge >= 0.3 is 6.18 Å². The summed E-state index contributed by atoms with van der Waals surface area (Å²) >= 11 is 0. The van der Waals surface area contributed by atoms with E-state index >= 15 is 0 Å². The summed E-state index contributed by atoms with van der Waals surface area (Å²) in [4.78, 5) is 10.5. The monoisotopic (exact) mass is 483 g/mol. The fourth-order valence-corrected chi connectivity index (χ4v) is 6.17. The molecule has 1 saturated heterocycles. The van der Waals surface area contributed by atoms with Crippen molar-refractivity contribution in [2.24, 2.45) is 5.92 Å². The molecular weight excluding hydrogens is 457 g/mol. The molecular formula is C23H26F5N5O. The number of imidazole rings is 1. The molecule has 7 rings (SSSR count). The van der Waals surface area contributed by atoms with E-state index < -0.39 is 29.6 Å². The number of piperidine rings is 1. The summed E-state index contributed by atoms with van der Waals surface area (Å²) in [5, 5.41) is 10.9. The van der Waals surface area contributed by atoms with Crippen molar-refractivity contribution in [2.45, 2.75) is 74.2 Å². The van der Waals surface area contributed by atoms with Gasteiger partial charge in [0.25, 0.3) is 5.92 Å². The lowest BCUT2D eigenvalue weighted by Gasteiger charge is -2.75. The number of halogens is 5. The van der Waals surface area contributed by atoms with Crippen LogP contribution in [0.4, 0.5) is 27.8 Å². The maximum Gasteiger partial charge on any atom is 0.419 e. The molecule has 1 atom stereocenters. The van der Waals surface area contributed by atoms with Gasteiger partial charge in [0.15, 0.2) is 0 Å². The number of alkyl halides is 5. The van der Waals surface area contributed by atoms with Gasteiger partial charge in [-0.2, -0.15) is 13.2 Å². The van der Waals surface area contributed by atoms with Crippen molar-refractivity contribution < 1.29 is 27.1 Å². The Morgan fingerprint density at radius 1 is 1.09 bits per heavy atom. The van der Waals surface area contributed by atoms with E-state index in [0.29, 0.717) is 24.6 Å². The van der Waals surface area contributed by atoms with Crippen molar-refractivity contribution in [1.29, 1.82) is 0 Å². The minimum absolute atomic E-state index is 0.0925. The van der Waals surface area contributed by atoms with Gasteiger partial charge in [-0.15, -0.1) is 0 Å². The average Bonchev–Trinajstić information content (AvgIpc) is 3.46. The number of nitrogen functional groups attached to an aromatic ring is 1. The van der Waals surface area contributed by atoms with E-state index in [9.17, 15) is 27.1 Å². The first-order valence-electron chi connectivity index (χ1n) is 11.7. The summed E-state index contributed by atoms with van der Waals surface area (Å²) < 4.78 is 69.2. The molecule has 0 spiro atoms. The van der Waals surface area contributed by atoms with Crippen LogP contribution in [0.15, 0.2) is 18.5 Å². The molecule has 2 aromatic rings. The molecule has 5 aliphatic rings. The zero-order valence-corrected chi connectivity index (χ0v) is 18.5. The van der Waals surface area contributed by atoms with Crippen LogP contribution >= 0.6 is 0 Å². The Hall–Kier alpha value is -2.27. The van der Waals surface area contributed by atoms with Crippen LogP contribution in [0, 0.1) is 5.92 Å². The highest BCUT2D eigenvalue weighted by Crippen LogP contribution is 2.69. The fourth-order valence-electron chi connectivity index (χ4n) is 6.17. The van der Waals surface area contributed by atoms with Gasteiger partial charge in [0, 0.05) is 49.4 Å². The number of rotatable bonds is 5. The summed E-state index contributed by atoms with van der Waals surface area (Å²) in [7, 11) is 0. The van der Waals surface area contributed by atoms with E-state index in [2.05, 4.69) is 14.9 Å². The van der Waals surface area contributed by atoms with E-state index in [1.807, 2.05) is 4.57 Å². The van der Waals surface area contributed by atoms with Gasteiger partial charge in [-0.05, 0) is 44.1 Å². The van der Waals surface area contributed by atoms with Crippen molar-refractivity contribution in [1.82, 2.24) is 19.4 Å². The highest BCUT2D eigenvalue weighted by atomic mass is 19.4. The molecule has 6 nitrogen and oxygen atoms in total. The van der Waals surface area contributed by atoms with Gasteiger partial charge in [0.1, 0.15) is 17.7 Å². The molecule has 0 unspecified atom stereocenters. The Labute approximate surface area is 193 Å². The summed E-state index contributed by atoms with van der Waals surface area (Å²) in [6, 6.07) is 0.944. The summed E-state index contributed by atoms with van der Waals surface area (Å²) in [6.07, 6.45) is 1.33. The van der Waals surface area contributed by atoms with Gasteiger partial charge in [-0.3, -0.25) is 4.90 Å². The van der Waals surface area contributed by atoms with Crippen molar-refractivity contribution in [3.8, 4) is 11.3 Å². The van der Waals surface area contributed by atoms with Gasteiger partial charge < -0.3 is 15.4 Å². The number of hydrogen-bond acceptors (Lipinski definition) is 5. The number of likely N-dealkylation sites (tertiary alicyclic amines) is 1. The van der Waals surface area contributed by atoms with Crippen LogP contribution in [0.25, 0.3) is 11.3 Å². The molecule has 2 bridgehead atoms. The third kappa shape index (κ3) is 3.34. The third-order valence-corrected chi connectivity index (χ3v) is 8.24. The van der Waals surface area contributed by atoms with Gasteiger partial charge in [0.2, 0.25) is 0 Å². The standard InChI is InChI=1S/C23H26F5N5O/c24-22(25)3-5-32(6-4-22)20-10-21(11-20,12-20)33-9-16(31-19(33)17(34)13-1-2-13)14-7-15(23(26,27)28)18(29)30-8-14/h7-9,13,17,34H,1-6,10-12H2,(H2,29,30)/t17-,20?,21?/m1/s1. The molecule has 4 saturated carbocycles. The second-order valence-corrected chi connectivity index (χ2v) is 10.6. The van der Waals surface area contributed by atoms with Crippen LogP contribution in [-0.4, -0.2) is 49.1 Å². The first-order chi connectivity index (χ1) is 15.9. The van der Waals surface area contributed by atoms with E-state index in [1.165, 1.54) is 6.20 Å². The van der Waals surface area contributed by atoms with Crippen LogP contribution in [0.5, 0.6) is 0 Å². The molecule has 34 heavy (non-hydrogen) atoms. The topological polar surface area (TPSA) is 80.2 Å². The predicted molar refractivity (Wildman–Crippen MR) is 113 cm³/mol. The number of pyridine rings is 1. The van der Waals surface area contributed by atoms with Crippen LogP contribution in [0.3, 0.4) is 0 Å². The Morgan fingerprint density at radius 3 is 2.32 bits per heavy atom. The largest absolute Gasteiger partial charge is 0.419 e. The number of aliphatic hydroxyl groups is 1. The summed E-state index contributed by atoms with van der Waals surface area (Å²) in [6.45, 7) is 0.736. The van der Waals surface area contributed by atoms with Crippen LogP contribution in [-0.2, 0) is 11.7 Å². The zero-order valence-electron chi connectivity index (χ0n) is 18.5. The molecule has 0 radical (unpaired) electrons. The lowest BCUT2D eigenvalue weighted by molar-refractivity contribution is -0.224. The van der Waals surface area contributed by atoms with Crippen molar-refractivity contribution >= 4 is 5.82 Å². The lowest BCUT2D eigenvalue weighted by Crippen LogP contribution is -2.79. The lowest BCUT2D eigenvalue weighted by atomic mass is 9.43. The number of hydrogen-bond donors (Lipinski definition) is 2. The van der Waals surface area contributed by atoms with Crippen molar-refractivity contribution in [2.75, 3.05) is 18.8 Å². The number of nitrogens with zero attached hydrogens (tertiary/aromatic N) is 4. The van der Waals surface area contributed by atoms with Gasteiger partial charge in [0.05, 0.1) is 16.8 Å². The Balaban J connectivity index is 1.30. The maximum absolute atomic E-state index is 13.6. The second-order valence-electron chi connectivity index (χ2n) is 10.6. The SMILES string of the molecule is Nc1ncc(-c2cn(C34CC(N5CCC(F)(F)CC5)(C3)C4)c([C@H](O)C3CC3)n2)cc1C(F)(F)F. The molecule has 184 valence electrons. The van der Waals surface area contributed by atoms with E-state index in [-0.39, 0.29) is 35.4 Å². The molecule has 3 N–H and O–H groups in total. The molecule has 4 aliphatic carbocycles. The Bertz CT molecular complexity index is 1110. The number of nitrogens with two attached hydrogens (primary N) is 1. The Morgan fingerprint density at radius 2 is 1.74 bits per heavy atom. The second kappa shape index (κ2) is 6.90. The van der Waals surface area contributed by atoms with Crippen LogP contribution in [0.1, 0.15) is 62.4 Å². The van der Waals surface area contributed by atoms with Crippen molar-refractivity contribution in [3.05, 3.63) is 29.8 Å². The smallest absolute Gasteiger partial charge is 0.385 e. The van der Waals surface area contributed by atoms with E-state index in [0.717, 1.165) is 38.2 Å². The maximum atomic E-state index is 13.6. The van der Waals surface area contributed by atoms with Gasteiger partial charge in [-0.1, -0.05) is 0 Å². The van der Waals surface area contributed by atoms with Crippen molar-refractivity contribution in [3.63, 3.8) is 0 Å². The van der Waals surface area contributed by atoms with E-state index in [4.69, 9.17) is 5.73 Å². The fraction of sp³-hybridized carbons (Fsp3) is 0.652. The molecule has 5 fully saturated rings. The van der Waals surface area contributed by atoms with Crippen LogP contribution < -0.4 is 5.73 Å². The quantitative estimate of drug-likeness (QED) is 0.618. The number of aliphatic hydroxyl groups excluding tert-OH is 1. The summed E-state index contributed by atoms with van der Waals surface area (Å²) in [5.74, 6) is -2.64. The van der Waals surface area contributed by atoms with Crippen LogP contribution in [0.2, 0.25) is 0 Å². The molecule has 1 aliphatic heterocycles. The Kier molecular flexibility index (Phi) is 4.51. The first-order valence-corrected chi connectivity index (χ1v) is 11.7. The molecule has 0 aromatic carbocycles. The predicted octanol–water partition coefficient (Wildman–Crippen LogP) is 4.35. The van der Waals surface area contributed by atoms with Gasteiger partial charge in [-0.25, -0.2) is 18.7 Å². The normalized spacial score (nSPS) is 31.6. The minimum atomic E-state index is -4.64. The summed E-state index contributed by atoms with van der Waals surface area (Å²) in [5.41, 5.74) is 4.53. The molecule has 3 heterocycles. The average molecular weight is 483 g/mol. The minimum Gasteiger partial charge on any atom is -0.385 e. The molecule has 11 heteroatoms. The first kappa shape index (κ1) is 22.2. The third-order valence-electron chi connectivity index (χ3n) is 8.24. The van der Waals surface area contributed by atoms with E-state index in [1.54, 1.807) is 6.20 Å². The number of aromatic nitrogens is 3. The zero-order chi connectivity index (χ0) is 24.1. The molecule has 0 amide bonds. The number of anilines is 1.